The van der Waals surface area contributed by atoms with Crippen LogP contribution in [0.4, 0.5) is 11.4 Å². The Kier molecular flexibility index (Phi) is 13.9. The molecule has 0 radical (unpaired) electrons. The Morgan fingerprint density at radius 1 is 0.614 bits per heavy atom. The monoisotopic (exact) mass is 1100 g/mol. The molecule has 1 aliphatic carbocycles. The highest BCUT2D eigenvalue weighted by atomic mass is 32.3. The lowest BCUT2D eigenvalue weighted by atomic mass is 9.66. The summed E-state index contributed by atoms with van der Waals surface area (Å²) >= 11 is 0. The molecule has 8 N–H and O–H groups in total. The summed E-state index contributed by atoms with van der Waals surface area (Å²) in [6, 6.07) is 8.45. The predicted octanol–water partition coefficient (Wildman–Crippen LogP) is 1.64. The van der Waals surface area contributed by atoms with Crippen LogP contribution in [-0.2, 0) is 77.5 Å². The van der Waals surface area contributed by atoms with Gasteiger partial charge in [-0.1, -0.05) is 32.1 Å². The number of anilines is 2. The number of fused-ring (bicyclic) bond motifs is 4. The van der Waals surface area contributed by atoms with Crippen molar-refractivity contribution in [2.45, 2.75) is 91.8 Å². The topological polar surface area (TPSA) is 384 Å². The molecule has 2 heterocycles. The Labute approximate surface area is 405 Å². The summed E-state index contributed by atoms with van der Waals surface area (Å²) in [6.45, 7) is 8.39. The van der Waals surface area contributed by atoms with E-state index in [1.54, 1.807) is 63.5 Å². The van der Waals surface area contributed by atoms with Crippen LogP contribution in [0.5, 0.6) is 0 Å². The van der Waals surface area contributed by atoms with Gasteiger partial charge in [-0.2, -0.15) is 50.5 Å². The van der Waals surface area contributed by atoms with Crippen molar-refractivity contribution in [2.24, 2.45) is 0 Å². The van der Waals surface area contributed by atoms with Crippen LogP contribution < -0.4 is 14.8 Å². The van der Waals surface area contributed by atoms with E-state index in [4.69, 9.17) is 0 Å². The van der Waals surface area contributed by atoms with Crippen molar-refractivity contribution in [3.8, 4) is 0 Å². The molecule has 23 nitrogen and oxygen atoms in total. The van der Waals surface area contributed by atoms with Gasteiger partial charge in [-0.25, -0.2) is 4.99 Å². The Hall–Kier alpha value is -4.66. The number of nitrogens with one attached hydrogen (secondary N) is 1. The first-order chi connectivity index (χ1) is 31.5. The maximum Gasteiger partial charge on any atom is 0.303 e. The number of nitrogens with zero attached hydrogens (tertiary/aromatic N) is 2. The summed E-state index contributed by atoms with van der Waals surface area (Å²) in [6.07, 6.45) is 2.78. The average molecular weight is 1100 g/mol. The fourth-order valence-electron chi connectivity index (χ4n) is 9.35. The number of benzene rings is 3. The van der Waals surface area contributed by atoms with E-state index >= 15 is 0 Å². The third-order valence-corrected chi connectivity index (χ3v) is 18.6. The molecular weight excluding hydrogens is 1050 g/mol. The molecule has 70 heavy (non-hydrogen) atoms. The number of carbonyl (C=O) groups is 1. The average Bonchev–Trinajstić information content (AvgIpc) is 3.14. The van der Waals surface area contributed by atoms with E-state index < -0.39 is 122 Å². The van der Waals surface area contributed by atoms with E-state index in [2.05, 4.69) is 4.99 Å². The van der Waals surface area contributed by atoms with Crippen LogP contribution in [0, 0.1) is 0 Å². The number of aliphatic carboxylic acids is 1. The Morgan fingerprint density at radius 3 is 1.49 bits per heavy atom. The first-order valence-corrected chi connectivity index (χ1v) is 29.7. The van der Waals surface area contributed by atoms with Gasteiger partial charge in [0.25, 0.3) is 65.3 Å². The van der Waals surface area contributed by atoms with Gasteiger partial charge in [0.15, 0.2) is 6.54 Å². The summed E-state index contributed by atoms with van der Waals surface area (Å²) in [4.78, 5) is 15.9. The van der Waals surface area contributed by atoms with Crippen LogP contribution in [0.1, 0.15) is 93.3 Å². The molecular formula is C41H50N3O20S6+. The number of hydrogen-bond acceptors (Lipinski definition) is 15. The Morgan fingerprint density at radius 2 is 1.07 bits per heavy atom. The number of carboxylic acids is 1. The summed E-state index contributed by atoms with van der Waals surface area (Å²) in [5.74, 6) is -3.06. The van der Waals surface area contributed by atoms with E-state index in [0.29, 0.717) is 22.9 Å². The van der Waals surface area contributed by atoms with E-state index in [0.717, 1.165) is 12.1 Å². The van der Waals surface area contributed by atoms with Crippen LogP contribution in [0.3, 0.4) is 0 Å². The van der Waals surface area contributed by atoms with Gasteiger partial charge in [0.1, 0.15) is 16.4 Å². The molecule has 0 bridgehead atoms. The zero-order valence-electron chi connectivity index (χ0n) is 38.0. The lowest BCUT2D eigenvalue weighted by Crippen LogP contribution is -2.78. The first kappa shape index (κ1) is 54.7. The van der Waals surface area contributed by atoms with Crippen molar-refractivity contribution < 1.29 is 92.7 Å². The minimum Gasteiger partial charge on any atom is -0.481 e. The molecule has 6 rings (SSSR count). The third kappa shape index (κ3) is 11.3. The minimum atomic E-state index is -5.58. The number of hydrogen-bond donors (Lipinski definition) is 8. The predicted molar refractivity (Wildman–Crippen MR) is 254 cm³/mol. The van der Waals surface area contributed by atoms with Crippen LogP contribution in [0.15, 0.2) is 64.4 Å². The molecule has 384 valence electrons. The quantitative estimate of drug-likeness (QED) is 0.0945. The standard InChI is InChI=1S/C41H49N3O20S6/c1-39(2)17-24(21-65(47,48)49)27-13-29-31(15-33(27)43(39)11-7-8-36(45)46)41(5,6)32-16-34-28(14-30(32)38(29)42-19-37(69(59,60)61)70(62,63)64)25(22-66(50,51)52)18-40(3,4)44(34)20-23-9-10-26(67(53,54)55)12-35(23)68(56,57)58/h9-10,12-18,37H,7-8,11,19-22H2,1-6H3,(H,45,46)(H,47,48,49)(H,50,51,52)(H,53,54,55)(H,56,57,58)(H,59,60,61)(H,62,63,64)/p+1. The highest BCUT2D eigenvalue weighted by Gasteiger charge is 2.46. The normalized spacial score (nSPS) is 18.4. The van der Waals surface area contributed by atoms with Crippen molar-refractivity contribution >= 4 is 94.9 Å². The summed E-state index contributed by atoms with van der Waals surface area (Å²) in [5.41, 5.74) is -2.52. The molecule has 3 aromatic carbocycles. The molecule has 0 atom stereocenters. The SMILES string of the molecule is CC1(C)c2cc3c(cc2C(=[NH+]CC(S(=O)(=O)O)S(=O)(=O)O)c2cc4c(cc21)N(Cc1ccc(S(=O)(=O)O)cc1S(=O)(=O)O)C(C)(C)C=C4CS(=O)(=O)O)C(CS(=O)(=O)O)=CC(C)(C)N3CCCC(=O)O. The third-order valence-electron chi connectivity index (χ3n) is 12.4. The van der Waals surface area contributed by atoms with Gasteiger partial charge in [-0.05, 0) is 98.4 Å². The summed E-state index contributed by atoms with van der Waals surface area (Å²) < 4.78 is 207. The van der Waals surface area contributed by atoms with Gasteiger partial charge < -0.3 is 14.9 Å². The molecule has 0 spiro atoms. The zero-order chi connectivity index (χ0) is 52.9. The minimum absolute atomic E-state index is 0.00888. The maximum atomic E-state index is 12.8. The van der Waals surface area contributed by atoms with Gasteiger partial charge in [0.2, 0.25) is 5.71 Å². The number of carboxylic acid groups (broad SMARTS) is 1. The smallest absolute Gasteiger partial charge is 0.303 e. The van der Waals surface area contributed by atoms with Gasteiger partial charge in [0, 0.05) is 47.4 Å². The lowest BCUT2D eigenvalue weighted by Gasteiger charge is -2.46. The maximum absolute atomic E-state index is 12.8. The van der Waals surface area contributed by atoms with Crippen molar-refractivity contribution in [2.75, 3.05) is 34.4 Å². The summed E-state index contributed by atoms with van der Waals surface area (Å²) in [7, 11) is -31.0. The van der Waals surface area contributed by atoms with Crippen molar-refractivity contribution in [3.63, 3.8) is 0 Å². The van der Waals surface area contributed by atoms with E-state index in [9.17, 15) is 87.7 Å². The molecule has 0 amide bonds. The second-order valence-electron chi connectivity index (χ2n) is 18.7. The fourth-order valence-corrected chi connectivity index (χ4v) is 13.8. The van der Waals surface area contributed by atoms with Gasteiger partial charge >= 0.3 is 5.97 Å². The van der Waals surface area contributed by atoms with Gasteiger partial charge in [-0.15, -0.1) is 0 Å². The summed E-state index contributed by atoms with van der Waals surface area (Å²) in [5, 5.41) is 9.50. The van der Waals surface area contributed by atoms with Gasteiger partial charge in [-0.3, -0.25) is 32.1 Å². The van der Waals surface area contributed by atoms with E-state index in [1.165, 1.54) is 24.3 Å². The molecule has 29 heteroatoms. The van der Waals surface area contributed by atoms with Gasteiger partial charge in [0.05, 0.1) is 27.1 Å². The number of rotatable bonds is 16. The molecule has 0 saturated heterocycles. The molecule has 3 aliphatic rings. The molecule has 2 aliphatic heterocycles. The largest absolute Gasteiger partial charge is 0.481 e. The first-order valence-electron chi connectivity index (χ1n) is 20.6. The van der Waals surface area contributed by atoms with Crippen LogP contribution in [0.25, 0.3) is 11.1 Å². The van der Waals surface area contributed by atoms with Crippen LogP contribution in [-0.4, -0.2) is 135 Å². The van der Waals surface area contributed by atoms with Crippen molar-refractivity contribution in [1.82, 2.24) is 0 Å². The Balaban J connectivity index is 1.74. The van der Waals surface area contributed by atoms with Crippen molar-refractivity contribution in [3.05, 3.63) is 93.6 Å². The molecule has 0 unspecified atom stereocenters. The molecule has 3 aromatic rings. The van der Waals surface area contributed by atoms with E-state index in [1.807, 2.05) is 0 Å². The molecule has 0 fully saturated rings. The van der Waals surface area contributed by atoms with E-state index in [-0.39, 0.29) is 69.7 Å². The second kappa shape index (κ2) is 17.8. The van der Waals surface area contributed by atoms with Crippen molar-refractivity contribution in [1.29, 1.82) is 0 Å². The highest BCUT2D eigenvalue weighted by molar-refractivity contribution is 8.04. The molecule has 0 saturated carbocycles. The highest BCUT2D eigenvalue weighted by Crippen LogP contribution is 2.51. The second-order valence-corrected chi connectivity index (χ2v) is 27.9. The van der Waals surface area contributed by atoms with Crippen LogP contribution >= 0.6 is 0 Å². The zero-order valence-corrected chi connectivity index (χ0v) is 42.9. The molecule has 0 aromatic heterocycles. The Bertz CT molecular complexity index is 3510. The lowest BCUT2D eigenvalue weighted by molar-refractivity contribution is -0.452. The van der Waals surface area contributed by atoms with Crippen LogP contribution in [0.2, 0.25) is 0 Å². The fraction of sp³-hybridized carbons (Fsp3) is 0.415.